The van der Waals surface area contributed by atoms with Gasteiger partial charge in [0, 0.05) is 19.5 Å². The van der Waals surface area contributed by atoms with Crippen molar-refractivity contribution in [3.05, 3.63) is 0 Å². The molecule has 0 aromatic carbocycles. The molecular formula is C10H19ClF2N2O. The first-order chi connectivity index (χ1) is 7.00. The number of carbonyl (C=O) groups excluding carboxylic acids is 1. The molecule has 1 fully saturated rings. The Kier molecular flexibility index (Phi) is 6.18. The minimum absolute atomic E-state index is 0. The molecule has 0 aliphatic carbocycles. The summed E-state index contributed by atoms with van der Waals surface area (Å²) < 4.78 is 25.7. The summed E-state index contributed by atoms with van der Waals surface area (Å²) in [7, 11) is 0. The van der Waals surface area contributed by atoms with Crippen molar-refractivity contribution in [2.24, 2.45) is 0 Å². The summed E-state index contributed by atoms with van der Waals surface area (Å²) in [5, 5.41) is 2.58. The number of halogens is 3. The van der Waals surface area contributed by atoms with Gasteiger partial charge >= 0.3 is 0 Å². The SMILES string of the molecule is CCCN(CC)C(=O)C1CC(F)(F)CN1.Cl. The molecule has 16 heavy (non-hydrogen) atoms. The monoisotopic (exact) mass is 256 g/mol. The first kappa shape index (κ1) is 15.6. The highest BCUT2D eigenvalue weighted by Crippen LogP contribution is 2.25. The Balaban J connectivity index is 0.00000225. The van der Waals surface area contributed by atoms with Gasteiger partial charge in [-0.1, -0.05) is 6.92 Å². The summed E-state index contributed by atoms with van der Waals surface area (Å²) in [6.45, 7) is 4.66. The lowest BCUT2D eigenvalue weighted by Gasteiger charge is -2.23. The molecule has 1 rings (SSSR count). The number of likely N-dealkylation sites (N-methyl/N-ethyl adjacent to an activating group) is 1. The third kappa shape index (κ3) is 3.87. The minimum atomic E-state index is -2.73. The molecule has 0 aromatic heterocycles. The second kappa shape index (κ2) is 6.35. The highest BCUT2D eigenvalue weighted by Gasteiger charge is 2.43. The van der Waals surface area contributed by atoms with Crippen molar-refractivity contribution in [1.29, 1.82) is 0 Å². The van der Waals surface area contributed by atoms with Gasteiger partial charge in [-0.3, -0.25) is 10.1 Å². The molecule has 0 bridgehead atoms. The third-order valence-electron chi connectivity index (χ3n) is 2.59. The summed E-state index contributed by atoms with van der Waals surface area (Å²) in [5.74, 6) is -2.93. The number of nitrogens with one attached hydrogen (secondary N) is 1. The molecule has 1 saturated heterocycles. The van der Waals surface area contributed by atoms with Gasteiger partial charge < -0.3 is 4.90 Å². The largest absolute Gasteiger partial charge is 0.342 e. The van der Waals surface area contributed by atoms with E-state index in [9.17, 15) is 13.6 Å². The van der Waals surface area contributed by atoms with Crippen LogP contribution in [0.4, 0.5) is 8.78 Å². The number of hydrogen-bond donors (Lipinski definition) is 1. The summed E-state index contributed by atoms with van der Waals surface area (Å²) in [5.41, 5.74) is 0. The number of carbonyl (C=O) groups is 1. The molecule has 1 heterocycles. The number of amides is 1. The first-order valence-electron chi connectivity index (χ1n) is 5.40. The normalized spacial score (nSPS) is 22.6. The van der Waals surface area contributed by atoms with E-state index in [-0.39, 0.29) is 31.3 Å². The maximum Gasteiger partial charge on any atom is 0.262 e. The molecule has 0 radical (unpaired) electrons. The van der Waals surface area contributed by atoms with E-state index in [1.807, 2.05) is 13.8 Å². The number of hydrogen-bond acceptors (Lipinski definition) is 2. The van der Waals surface area contributed by atoms with Crippen LogP contribution >= 0.6 is 12.4 Å². The van der Waals surface area contributed by atoms with E-state index in [0.717, 1.165) is 6.42 Å². The van der Waals surface area contributed by atoms with Gasteiger partial charge in [-0.2, -0.15) is 0 Å². The Labute approximate surface area is 101 Å². The van der Waals surface area contributed by atoms with Crippen molar-refractivity contribution in [1.82, 2.24) is 10.2 Å². The Morgan fingerprint density at radius 2 is 2.12 bits per heavy atom. The summed E-state index contributed by atoms with van der Waals surface area (Å²) in [6.07, 6.45) is 0.481. The fourth-order valence-corrected chi connectivity index (χ4v) is 1.80. The molecule has 1 N–H and O–H groups in total. The second-order valence-corrected chi connectivity index (χ2v) is 3.91. The maximum absolute atomic E-state index is 12.9. The van der Waals surface area contributed by atoms with Crippen LogP contribution in [0.25, 0.3) is 0 Å². The topological polar surface area (TPSA) is 32.3 Å². The lowest BCUT2D eigenvalue weighted by Crippen LogP contribution is -2.43. The van der Waals surface area contributed by atoms with Crippen molar-refractivity contribution in [2.45, 2.75) is 38.7 Å². The smallest absolute Gasteiger partial charge is 0.262 e. The van der Waals surface area contributed by atoms with Crippen molar-refractivity contribution >= 4 is 18.3 Å². The summed E-state index contributed by atoms with van der Waals surface area (Å²) in [6, 6.07) is -0.702. The molecule has 1 amide bonds. The van der Waals surface area contributed by atoms with E-state index in [1.165, 1.54) is 0 Å². The zero-order valence-electron chi connectivity index (χ0n) is 9.63. The van der Waals surface area contributed by atoms with Crippen LogP contribution in [-0.4, -0.2) is 42.4 Å². The van der Waals surface area contributed by atoms with Crippen molar-refractivity contribution in [3.8, 4) is 0 Å². The Hall–Kier alpha value is -0.420. The van der Waals surface area contributed by atoms with E-state index < -0.39 is 12.0 Å². The second-order valence-electron chi connectivity index (χ2n) is 3.91. The van der Waals surface area contributed by atoms with E-state index >= 15 is 0 Å². The molecule has 0 aromatic rings. The fraction of sp³-hybridized carbons (Fsp3) is 0.900. The summed E-state index contributed by atoms with van der Waals surface area (Å²) in [4.78, 5) is 13.4. The lowest BCUT2D eigenvalue weighted by atomic mass is 10.1. The van der Waals surface area contributed by atoms with Crippen LogP contribution in [0.1, 0.15) is 26.7 Å². The van der Waals surface area contributed by atoms with Crippen LogP contribution in [0.2, 0.25) is 0 Å². The van der Waals surface area contributed by atoms with Crippen LogP contribution in [0.3, 0.4) is 0 Å². The molecule has 3 nitrogen and oxygen atoms in total. The van der Waals surface area contributed by atoms with Gasteiger partial charge in [0.1, 0.15) is 0 Å². The highest BCUT2D eigenvalue weighted by molar-refractivity contribution is 5.85. The number of alkyl halides is 2. The number of nitrogens with zero attached hydrogens (tertiary/aromatic N) is 1. The van der Waals surface area contributed by atoms with Gasteiger partial charge in [-0.25, -0.2) is 8.78 Å². The average Bonchev–Trinajstić information content (AvgIpc) is 2.54. The molecule has 6 heteroatoms. The van der Waals surface area contributed by atoms with Gasteiger partial charge in [0.2, 0.25) is 5.91 Å². The zero-order valence-corrected chi connectivity index (χ0v) is 10.4. The van der Waals surface area contributed by atoms with Gasteiger partial charge in [-0.15, -0.1) is 12.4 Å². The number of rotatable bonds is 4. The molecule has 1 atom stereocenters. The minimum Gasteiger partial charge on any atom is -0.342 e. The fourth-order valence-electron chi connectivity index (χ4n) is 1.80. The lowest BCUT2D eigenvalue weighted by molar-refractivity contribution is -0.133. The van der Waals surface area contributed by atoms with Crippen LogP contribution in [0, 0.1) is 0 Å². The predicted molar refractivity (Wildman–Crippen MR) is 61.1 cm³/mol. The molecule has 96 valence electrons. The van der Waals surface area contributed by atoms with Crippen LogP contribution in [-0.2, 0) is 4.79 Å². The van der Waals surface area contributed by atoms with E-state index in [1.54, 1.807) is 4.90 Å². The van der Waals surface area contributed by atoms with Crippen LogP contribution in [0.5, 0.6) is 0 Å². The van der Waals surface area contributed by atoms with Gasteiger partial charge in [0.05, 0.1) is 12.6 Å². The summed E-state index contributed by atoms with van der Waals surface area (Å²) >= 11 is 0. The molecule has 1 unspecified atom stereocenters. The predicted octanol–water partition coefficient (Wildman–Crippen LogP) is 1.66. The van der Waals surface area contributed by atoms with E-state index in [2.05, 4.69) is 5.32 Å². The molecular weight excluding hydrogens is 238 g/mol. The van der Waals surface area contributed by atoms with E-state index in [0.29, 0.717) is 13.1 Å². The maximum atomic E-state index is 12.9. The van der Waals surface area contributed by atoms with E-state index in [4.69, 9.17) is 0 Å². The Morgan fingerprint density at radius 1 is 1.50 bits per heavy atom. The van der Waals surface area contributed by atoms with Crippen LogP contribution < -0.4 is 5.32 Å². The van der Waals surface area contributed by atoms with Crippen molar-refractivity contribution in [2.75, 3.05) is 19.6 Å². The first-order valence-corrected chi connectivity index (χ1v) is 5.40. The highest BCUT2D eigenvalue weighted by atomic mass is 35.5. The Bertz CT molecular complexity index is 239. The molecule has 1 aliphatic heterocycles. The van der Waals surface area contributed by atoms with Crippen molar-refractivity contribution < 1.29 is 13.6 Å². The molecule has 1 aliphatic rings. The quantitative estimate of drug-likeness (QED) is 0.830. The standard InChI is InChI=1S/C10H18F2N2O.ClH/c1-3-5-14(4-2)9(15)8-6-10(11,12)7-13-8;/h8,13H,3-7H2,1-2H3;1H. The average molecular weight is 257 g/mol. The van der Waals surface area contributed by atoms with Gasteiger partial charge in [0.25, 0.3) is 5.92 Å². The zero-order chi connectivity index (χ0) is 11.5. The van der Waals surface area contributed by atoms with Crippen LogP contribution in [0.15, 0.2) is 0 Å². The van der Waals surface area contributed by atoms with Gasteiger partial charge in [0.15, 0.2) is 0 Å². The van der Waals surface area contributed by atoms with Crippen molar-refractivity contribution in [3.63, 3.8) is 0 Å². The Morgan fingerprint density at radius 3 is 2.50 bits per heavy atom. The third-order valence-corrected chi connectivity index (χ3v) is 2.59. The molecule has 0 saturated carbocycles. The molecule has 0 spiro atoms. The van der Waals surface area contributed by atoms with Gasteiger partial charge in [-0.05, 0) is 13.3 Å².